The standard InChI is InChI=1S/C20H20Cl2N2O5S/c1-14-5-7-15(8-6-14)30(27,28)24-11-9-23(10-12-24)18(25)13-29-20(26)16-3-2-4-17(21)19(16)22/h2-8H,9-13H2,1H3. The van der Waals surface area contributed by atoms with Crippen molar-refractivity contribution >= 4 is 45.1 Å². The molecule has 1 aliphatic rings. The van der Waals surface area contributed by atoms with Gasteiger partial charge in [0.25, 0.3) is 5.91 Å². The van der Waals surface area contributed by atoms with Crippen molar-refractivity contribution in [3.05, 3.63) is 63.6 Å². The van der Waals surface area contributed by atoms with E-state index in [9.17, 15) is 18.0 Å². The summed E-state index contributed by atoms with van der Waals surface area (Å²) < 4.78 is 31.9. The Bertz CT molecular complexity index is 1050. The van der Waals surface area contributed by atoms with Gasteiger partial charge < -0.3 is 9.64 Å². The Morgan fingerprint density at radius 1 is 1.00 bits per heavy atom. The van der Waals surface area contributed by atoms with Crippen LogP contribution in [0.3, 0.4) is 0 Å². The lowest BCUT2D eigenvalue weighted by molar-refractivity contribution is -0.135. The van der Waals surface area contributed by atoms with Gasteiger partial charge in [0.05, 0.1) is 20.5 Å². The molecule has 0 bridgehead atoms. The van der Waals surface area contributed by atoms with Crippen LogP contribution >= 0.6 is 23.2 Å². The van der Waals surface area contributed by atoms with Crippen LogP contribution in [0.15, 0.2) is 47.4 Å². The van der Waals surface area contributed by atoms with Gasteiger partial charge in [0.15, 0.2) is 6.61 Å². The number of carbonyl (C=O) groups is 2. The van der Waals surface area contributed by atoms with Crippen LogP contribution in [-0.4, -0.2) is 62.3 Å². The molecule has 7 nitrogen and oxygen atoms in total. The number of sulfonamides is 1. The molecule has 2 aromatic carbocycles. The molecule has 0 radical (unpaired) electrons. The summed E-state index contributed by atoms with van der Waals surface area (Å²) in [4.78, 5) is 26.2. The van der Waals surface area contributed by atoms with Crippen molar-refractivity contribution < 1.29 is 22.7 Å². The van der Waals surface area contributed by atoms with Crippen molar-refractivity contribution in [2.75, 3.05) is 32.8 Å². The van der Waals surface area contributed by atoms with Crippen molar-refractivity contribution in [1.82, 2.24) is 9.21 Å². The predicted molar refractivity (Wildman–Crippen MR) is 113 cm³/mol. The van der Waals surface area contributed by atoms with E-state index in [1.54, 1.807) is 30.3 Å². The maximum atomic E-state index is 12.7. The normalized spacial score (nSPS) is 15.1. The van der Waals surface area contributed by atoms with Crippen molar-refractivity contribution in [2.24, 2.45) is 0 Å². The molecule has 3 rings (SSSR count). The van der Waals surface area contributed by atoms with E-state index in [1.807, 2.05) is 6.92 Å². The van der Waals surface area contributed by atoms with Crippen LogP contribution in [0.5, 0.6) is 0 Å². The molecule has 2 aromatic rings. The molecule has 0 N–H and O–H groups in total. The fourth-order valence-electron chi connectivity index (χ4n) is 2.99. The summed E-state index contributed by atoms with van der Waals surface area (Å²) in [5, 5.41) is 0.273. The zero-order valence-corrected chi connectivity index (χ0v) is 18.5. The fraction of sp³-hybridized carbons (Fsp3) is 0.300. The van der Waals surface area contributed by atoms with Gasteiger partial charge in [-0.1, -0.05) is 47.0 Å². The molecule has 1 aliphatic heterocycles. The largest absolute Gasteiger partial charge is 0.452 e. The lowest BCUT2D eigenvalue weighted by Gasteiger charge is -2.33. The molecule has 30 heavy (non-hydrogen) atoms. The van der Waals surface area contributed by atoms with E-state index in [2.05, 4.69) is 0 Å². The molecule has 0 atom stereocenters. The van der Waals surface area contributed by atoms with Gasteiger partial charge in [0.1, 0.15) is 0 Å². The average molecular weight is 471 g/mol. The molecule has 1 fully saturated rings. The zero-order valence-electron chi connectivity index (χ0n) is 16.2. The molecular weight excluding hydrogens is 451 g/mol. The van der Waals surface area contributed by atoms with Crippen LogP contribution in [0.25, 0.3) is 0 Å². The van der Waals surface area contributed by atoms with Crippen LogP contribution in [0.2, 0.25) is 10.0 Å². The summed E-state index contributed by atoms with van der Waals surface area (Å²) in [6.45, 7) is 2.16. The highest BCUT2D eigenvalue weighted by Gasteiger charge is 2.30. The molecule has 10 heteroatoms. The Kier molecular flexibility index (Phi) is 7.02. The minimum atomic E-state index is -3.62. The highest BCUT2D eigenvalue weighted by Crippen LogP contribution is 2.26. The summed E-state index contributed by atoms with van der Waals surface area (Å²) in [6, 6.07) is 11.2. The number of halogens is 2. The number of aryl methyl sites for hydroxylation is 1. The third kappa shape index (κ3) is 4.95. The summed E-state index contributed by atoms with van der Waals surface area (Å²) in [7, 11) is -3.62. The van der Waals surface area contributed by atoms with Gasteiger partial charge in [0, 0.05) is 26.2 Å². The van der Waals surface area contributed by atoms with Crippen LogP contribution in [-0.2, 0) is 19.6 Å². The van der Waals surface area contributed by atoms with Gasteiger partial charge in [-0.3, -0.25) is 4.79 Å². The van der Waals surface area contributed by atoms with Crippen molar-refractivity contribution in [3.8, 4) is 0 Å². The first-order valence-electron chi connectivity index (χ1n) is 9.16. The van der Waals surface area contributed by atoms with E-state index in [1.165, 1.54) is 21.3 Å². The van der Waals surface area contributed by atoms with Crippen LogP contribution in [0, 0.1) is 6.92 Å². The number of piperazine rings is 1. The summed E-state index contributed by atoms with van der Waals surface area (Å²) in [5.41, 5.74) is 1.05. The van der Waals surface area contributed by atoms with Gasteiger partial charge >= 0.3 is 5.97 Å². The van der Waals surface area contributed by atoms with E-state index in [0.717, 1.165) is 5.56 Å². The summed E-state index contributed by atoms with van der Waals surface area (Å²) in [5.74, 6) is -1.16. The first kappa shape index (κ1) is 22.6. The Balaban J connectivity index is 1.54. The minimum Gasteiger partial charge on any atom is -0.452 e. The smallest absolute Gasteiger partial charge is 0.340 e. The zero-order chi connectivity index (χ0) is 21.9. The van der Waals surface area contributed by atoms with Crippen molar-refractivity contribution in [2.45, 2.75) is 11.8 Å². The maximum Gasteiger partial charge on any atom is 0.340 e. The molecular formula is C20H20Cl2N2O5S. The Morgan fingerprint density at radius 2 is 1.63 bits per heavy atom. The lowest BCUT2D eigenvalue weighted by atomic mass is 10.2. The van der Waals surface area contributed by atoms with Crippen LogP contribution < -0.4 is 0 Å². The highest BCUT2D eigenvalue weighted by molar-refractivity contribution is 7.89. The molecule has 1 amide bonds. The number of amides is 1. The maximum absolute atomic E-state index is 12.7. The molecule has 0 aromatic heterocycles. The molecule has 0 spiro atoms. The van der Waals surface area contributed by atoms with Gasteiger partial charge in [-0.25, -0.2) is 13.2 Å². The van der Waals surface area contributed by atoms with Crippen LogP contribution in [0.1, 0.15) is 15.9 Å². The van der Waals surface area contributed by atoms with E-state index in [4.69, 9.17) is 27.9 Å². The number of ether oxygens (including phenoxy) is 1. The SMILES string of the molecule is Cc1ccc(S(=O)(=O)N2CCN(C(=O)COC(=O)c3cccc(Cl)c3Cl)CC2)cc1. The Morgan fingerprint density at radius 3 is 2.27 bits per heavy atom. The number of benzene rings is 2. The van der Waals surface area contributed by atoms with E-state index >= 15 is 0 Å². The van der Waals surface area contributed by atoms with Gasteiger partial charge in [-0.15, -0.1) is 0 Å². The van der Waals surface area contributed by atoms with Crippen molar-refractivity contribution in [1.29, 1.82) is 0 Å². The van der Waals surface area contributed by atoms with Gasteiger partial charge in [-0.2, -0.15) is 4.31 Å². The second kappa shape index (κ2) is 9.34. The molecule has 0 saturated carbocycles. The molecule has 0 aliphatic carbocycles. The topological polar surface area (TPSA) is 84.0 Å². The molecule has 160 valence electrons. The van der Waals surface area contributed by atoms with E-state index < -0.39 is 28.5 Å². The third-order valence-electron chi connectivity index (χ3n) is 4.75. The summed E-state index contributed by atoms with van der Waals surface area (Å²) >= 11 is 11.9. The molecule has 0 unspecified atom stereocenters. The second-order valence-corrected chi connectivity index (χ2v) is 9.50. The number of hydrogen-bond donors (Lipinski definition) is 0. The Labute approximate surface area is 185 Å². The van der Waals surface area contributed by atoms with Gasteiger partial charge in [0.2, 0.25) is 10.0 Å². The number of rotatable bonds is 5. The first-order chi connectivity index (χ1) is 14.2. The highest BCUT2D eigenvalue weighted by atomic mass is 35.5. The minimum absolute atomic E-state index is 0.0616. The van der Waals surface area contributed by atoms with Gasteiger partial charge in [-0.05, 0) is 31.2 Å². The number of nitrogens with zero attached hydrogens (tertiary/aromatic N) is 2. The van der Waals surface area contributed by atoms with E-state index in [0.29, 0.717) is 0 Å². The number of hydrogen-bond acceptors (Lipinski definition) is 5. The van der Waals surface area contributed by atoms with Crippen LogP contribution in [0.4, 0.5) is 0 Å². The van der Waals surface area contributed by atoms with E-state index in [-0.39, 0.29) is 46.7 Å². The predicted octanol–water partition coefficient (Wildman–Crippen LogP) is 2.99. The summed E-state index contributed by atoms with van der Waals surface area (Å²) in [6.07, 6.45) is 0. The first-order valence-corrected chi connectivity index (χ1v) is 11.4. The fourth-order valence-corrected chi connectivity index (χ4v) is 4.79. The monoisotopic (exact) mass is 470 g/mol. The molecule has 1 heterocycles. The second-order valence-electron chi connectivity index (χ2n) is 6.78. The molecule has 1 saturated heterocycles. The third-order valence-corrected chi connectivity index (χ3v) is 7.48. The number of carbonyl (C=O) groups excluding carboxylic acids is 2. The van der Waals surface area contributed by atoms with Crippen molar-refractivity contribution in [3.63, 3.8) is 0 Å². The quantitative estimate of drug-likeness (QED) is 0.627. The average Bonchev–Trinajstić information content (AvgIpc) is 2.74. The lowest BCUT2D eigenvalue weighted by Crippen LogP contribution is -2.51. The number of esters is 1. The Hall–Kier alpha value is -2.13.